The Labute approximate surface area is 119 Å². The molecular formula is C14H24N2O4. The van der Waals surface area contributed by atoms with E-state index in [4.69, 9.17) is 10.5 Å². The molecule has 0 aromatic rings. The second-order valence-electron chi connectivity index (χ2n) is 6.26. The van der Waals surface area contributed by atoms with Gasteiger partial charge in [-0.3, -0.25) is 9.59 Å². The molecule has 1 aliphatic heterocycles. The molecule has 6 heteroatoms. The van der Waals surface area contributed by atoms with Crippen molar-refractivity contribution in [1.29, 1.82) is 0 Å². The average Bonchev–Trinajstić information content (AvgIpc) is 2.42. The Kier molecular flexibility index (Phi) is 4.34. The third-order valence-corrected chi connectivity index (χ3v) is 4.84. The van der Waals surface area contributed by atoms with Crippen LogP contribution in [0.2, 0.25) is 0 Å². The Morgan fingerprint density at radius 2 is 1.90 bits per heavy atom. The maximum atomic E-state index is 12.4. The summed E-state index contributed by atoms with van der Waals surface area (Å²) in [4.78, 5) is 23.9. The first-order chi connectivity index (χ1) is 9.38. The van der Waals surface area contributed by atoms with Crippen LogP contribution in [0.4, 0.5) is 0 Å². The lowest BCUT2D eigenvalue weighted by Gasteiger charge is -2.41. The molecule has 2 fully saturated rings. The summed E-state index contributed by atoms with van der Waals surface area (Å²) in [7, 11) is 0. The van der Waals surface area contributed by atoms with Crippen molar-refractivity contribution in [3.05, 3.63) is 0 Å². The first-order valence-corrected chi connectivity index (χ1v) is 7.29. The minimum absolute atomic E-state index is 0.236. The molecular weight excluding hydrogens is 260 g/mol. The van der Waals surface area contributed by atoms with Gasteiger partial charge in [0.1, 0.15) is 0 Å². The van der Waals surface area contributed by atoms with Gasteiger partial charge in [0.2, 0.25) is 5.91 Å². The van der Waals surface area contributed by atoms with Gasteiger partial charge in [0, 0.05) is 19.3 Å². The van der Waals surface area contributed by atoms with Crippen LogP contribution < -0.4 is 11.1 Å². The number of ether oxygens (including phenoxy) is 1. The quantitative estimate of drug-likeness (QED) is 0.706. The van der Waals surface area contributed by atoms with E-state index in [1.165, 1.54) is 0 Å². The largest absolute Gasteiger partial charge is 0.481 e. The zero-order valence-electron chi connectivity index (χ0n) is 12.0. The Bertz CT molecular complexity index is 393. The lowest BCUT2D eigenvalue weighted by molar-refractivity contribution is -0.152. The summed E-state index contributed by atoms with van der Waals surface area (Å²) in [5, 5.41) is 12.4. The summed E-state index contributed by atoms with van der Waals surface area (Å²) in [6, 6.07) is -0.343. The normalized spacial score (nSPS) is 33.4. The first kappa shape index (κ1) is 15.3. The van der Waals surface area contributed by atoms with E-state index in [0.29, 0.717) is 38.9 Å². The molecule has 1 saturated carbocycles. The van der Waals surface area contributed by atoms with Gasteiger partial charge in [-0.1, -0.05) is 12.8 Å². The number of nitrogens with one attached hydrogen (secondary N) is 1. The maximum absolute atomic E-state index is 12.4. The fourth-order valence-corrected chi connectivity index (χ4v) is 3.09. The molecule has 0 bridgehead atoms. The van der Waals surface area contributed by atoms with Crippen LogP contribution in [-0.2, 0) is 14.3 Å². The van der Waals surface area contributed by atoms with Gasteiger partial charge in [-0.25, -0.2) is 0 Å². The second-order valence-corrected chi connectivity index (χ2v) is 6.26. The van der Waals surface area contributed by atoms with Gasteiger partial charge in [0.05, 0.1) is 11.0 Å². The van der Waals surface area contributed by atoms with Crippen molar-refractivity contribution >= 4 is 11.9 Å². The lowest BCUT2D eigenvalue weighted by atomic mass is 9.71. The molecule has 2 unspecified atom stereocenters. The highest BCUT2D eigenvalue weighted by molar-refractivity contribution is 5.87. The molecule has 0 radical (unpaired) electrons. The molecule has 0 spiro atoms. The summed E-state index contributed by atoms with van der Waals surface area (Å²) in [6.45, 7) is 2.67. The minimum atomic E-state index is -0.922. The summed E-state index contributed by atoms with van der Waals surface area (Å²) >= 11 is 0. The highest BCUT2D eigenvalue weighted by Crippen LogP contribution is 2.36. The molecule has 2 rings (SSSR count). The topological polar surface area (TPSA) is 102 Å². The molecule has 6 nitrogen and oxygen atoms in total. The molecule has 2 atom stereocenters. The van der Waals surface area contributed by atoms with E-state index >= 15 is 0 Å². The Balaban J connectivity index is 2.07. The SMILES string of the molecule is CC1(C(=O)O)CCCCC1NC(=O)C1(N)CCOCC1. The van der Waals surface area contributed by atoms with Crippen LogP contribution >= 0.6 is 0 Å². The van der Waals surface area contributed by atoms with Crippen LogP contribution in [0.1, 0.15) is 45.4 Å². The van der Waals surface area contributed by atoms with Crippen molar-refractivity contribution in [2.75, 3.05) is 13.2 Å². The summed E-state index contributed by atoms with van der Waals surface area (Å²) in [6.07, 6.45) is 4.07. The number of carboxylic acids is 1. The molecule has 1 heterocycles. The number of hydrogen-bond acceptors (Lipinski definition) is 4. The highest BCUT2D eigenvalue weighted by atomic mass is 16.5. The molecule has 20 heavy (non-hydrogen) atoms. The van der Waals surface area contributed by atoms with Crippen LogP contribution in [0.5, 0.6) is 0 Å². The maximum Gasteiger partial charge on any atom is 0.311 e. The number of hydrogen-bond donors (Lipinski definition) is 3. The third kappa shape index (κ3) is 2.81. The van der Waals surface area contributed by atoms with Gasteiger partial charge in [-0.15, -0.1) is 0 Å². The number of aliphatic carboxylic acids is 1. The minimum Gasteiger partial charge on any atom is -0.481 e. The number of rotatable bonds is 3. The fourth-order valence-electron chi connectivity index (χ4n) is 3.09. The van der Waals surface area contributed by atoms with Crippen molar-refractivity contribution in [2.45, 2.75) is 57.0 Å². The van der Waals surface area contributed by atoms with E-state index in [1.54, 1.807) is 6.92 Å². The molecule has 1 amide bonds. The van der Waals surface area contributed by atoms with Crippen LogP contribution in [-0.4, -0.2) is 41.8 Å². The number of nitrogens with two attached hydrogens (primary N) is 1. The fraction of sp³-hybridized carbons (Fsp3) is 0.857. The van der Waals surface area contributed by atoms with Gasteiger partial charge in [-0.2, -0.15) is 0 Å². The Morgan fingerprint density at radius 3 is 2.50 bits per heavy atom. The number of carboxylic acid groups (broad SMARTS) is 1. The van der Waals surface area contributed by atoms with Gasteiger partial charge in [0.15, 0.2) is 0 Å². The molecule has 114 valence electrons. The highest BCUT2D eigenvalue weighted by Gasteiger charge is 2.46. The predicted molar refractivity (Wildman–Crippen MR) is 73.1 cm³/mol. The molecule has 4 N–H and O–H groups in total. The third-order valence-electron chi connectivity index (χ3n) is 4.84. The first-order valence-electron chi connectivity index (χ1n) is 7.29. The van der Waals surface area contributed by atoms with Gasteiger partial charge in [-0.05, 0) is 32.6 Å². The molecule has 2 aliphatic rings. The number of carbonyl (C=O) groups is 2. The number of amides is 1. The standard InChI is InChI=1S/C14H24N2O4/c1-13(12(18)19)5-3-2-4-10(13)16-11(17)14(15)6-8-20-9-7-14/h10H,2-9,15H2,1H3,(H,16,17)(H,18,19). The van der Waals surface area contributed by atoms with E-state index in [2.05, 4.69) is 5.32 Å². The van der Waals surface area contributed by atoms with Gasteiger partial charge in [0.25, 0.3) is 0 Å². The van der Waals surface area contributed by atoms with Crippen LogP contribution in [0.25, 0.3) is 0 Å². The van der Waals surface area contributed by atoms with E-state index in [1.807, 2.05) is 0 Å². The van der Waals surface area contributed by atoms with Crippen molar-refractivity contribution in [2.24, 2.45) is 11.1 Å². The van der Waals surface area contributed by atoms with Crippen molar-refractivity contribution < 1.29 is 19.4 Å². The summed E-state index contributed by atoms with van der Waals surface area (Å²) < 4.78 is 5.23. The van der Waals surface area contributed by atoms with E-state index < -0.39 is 16.9 Å². The van der Waals surface area contributed by atoms with E-state index in [-0.39, 0.29) is 11.9 Å². The van der Waals surface area contributed by atoms with E-state index in [9.17, 15) is 14.7 Å². The van der Waals surface area contributed by atoms with Crippen LogP contribution in [0.3, 0.4) is 0 Å². The monoisotopic (exact) mass is 284 g/mol. The van der Waals surface area contributed by atoms with Gasteiger partial charge >= 0.3 is 5.97 Å². The van der Waals surface area contributed by atoms with Crippen molar-refractivity contribution in [3.63, 3.8) is 0 Å². The van der Waals surface area contributed by atoms with Crippen molar-refractivity contribution in [1.82, 2.24) is 5.32 Å². The predicted octanol–water partition coefficient (Wildman–Crippen LogP) is 0.644. The molecule has 0 aromatic carbocycles. The van der Waals surface area contributed by atoms with Crippen molar-refractivity contribution in [3.8, 4) is 0 Å². The van der Waals surface area contributed by atoms with Gasteiger partial charge < -0.3 is 20.9 Å². The average molecular weight is 284 g/mol. The van der Waals surface area contributed by atoms with Crippen LogP contribution in [0.15, 0.2) is 0 Å². The Hall–Kier alpha value is -1.14. The molecule has 1 aliphatic carbocycles. The zero-order chi connectivity index (χ0) is 14.8. The molecule has 1 saturated heterocycles. The summed E-state index contributed by atoms with van der Waals surface area (Å²) in [5.41, 5.74) is 4.33. The second kappa shape index (κ2) is 5.69. The zero-order valence-corrected chi connectivity index (χ0v) is 12.0. The number of carbonyl (C=O) groups excluding carboxylic acids is 1. The lowest BCUT2D eigenvalue weighted by Crippen LogP contribution is -2.62. The van der Waals surface area contributed by atoms with Crippen LogP contribution in [0, 0.1) is 5.41 Å². The Morgan fingerprint density at radius 1 is 1.25 bits per heavy atom. The summed E-state index contributed by atoms with van der Waals surface area (Å²) in [5.74, 6) is -1.08. The molecule has 0 aromatic heterocycles. The smallest absolute Gasteiger partial charge is 0.311 e. The van der Waals surface area contributed by atoms with E-state index in [0.717, 1.165) is 12.8 Å².